The summed E-state index contributed by atoms with van der Waals surface area (Å²) < 4.78 is 21.4. The zero-order valence-electron chi connectivity index (χ0n) is 17.9. The topological polar surface area (TPSA) is 280 Å². The number of aliphatic hydroxyl groups is 12. The molecule has 0 bridgehead atoms. The Bertz CT molecular complexity index is 596. The predicted molar refractivity (Wildman–Crippen MR) is 103 cm³/mol. The molecule has 2 rings (SSSR count). The summed E-state index contributed by atoms with van der Waals surface area (Å²) >= 11 is 0. The smallest absolute Gasteiger partial charge is 0.187 e. The Morgan fingerprint density at radius 1 is 0.618 bits per heavy atom. The SMILES string of the molecule is OC[C@@H](O)[C@@H](O)[C@H](O[C@H]1O[C@H](CO)[C@@H](O)[C@H](O)[C@@H]1O[C@H]1O[C@H](CO)[C@@H](O)[C@H](O)[C@@H]1O)[C@H](O)CO. The van der Waals surface area contributed by atoms with E-state index in [1.54, 1.807) is 0 Å². The standard InChI is InChI=1S/C18H34O16/c19-1-5(23)9(25)15(6(24)2-20)33-18-16(13(29)11(27)8(4-22)32-18)34-17-14(30)12(28)10(26)7(3-21)31-17/h5-30H,1-4H2/t5-,6-,7-,8-,9-,10-,11-,12+,13+,14+,15-,16+,17-,18-/m1/s1. The van der Waals surface area contributed by atoms with Crippen molar-refractivity contribution in [3.63, 3.8) is 0 Å². The molecule has 0 unspecified atom stereocenters. The van der Waals surface area contributed by atoms with Gasteiger partial charge in [-0.3, -0.25) is 0 Å². The van der Waals surface area contributed by atoms with E-state index in [-0.39, 0.29) is 0 Å². The third-order valence-corrected chi connectivity index (χ3v) is 5.74. The van der Waals surface area contributed by atoms with Gasteiger partial charge in [-0.2, -0.15) is 0 Å². The van der Waals surface area contributed by atoms with Gasteiger partial charge in [-0.05, 0) is 0 Å². The second-order valence-electron chi connectivity index (χ2n) is 8.10. The molecule has 34 heavy (non-hydrogen) atoms. The maximum Gasteiger partial charge on any atom is 0.187 e. The zero-order valence-corrected chi connectivity index (χ0v) is 17.9. The molecular formula is C18H34O16. The lowest BCUT2D eigenvalue weighted by Crippen LogP contribution is -2.65. The fourth-order valence-electron chi connectivity index (χ4n) is 3.63. The summed E-state index contributed by atoms with van der Waals surface area (Å²) in [5.41, 5.74) is 0. The van der Waals surface area contributed by atoms with E-state index in [4.69, 9.17) is 24.1 Å². The minimum atomic E-state index is -2.00. The van der Waals surface area contributed by atoms with Crippen LogP contribution < -0.4 is 0 Å². The monoisotopic (exact) mass is 506 g/mol. The first kappa shape index (κ1) is 29.6. The van der Waals surface area contributed by atoms with Crippen molar-refractivity contribution in [3.8, 4) is 0 Å². The molecule has 0 aliphatic carbocycles. The Balaban J connectivity index is 2.32. The summed E-state index contributed by atoms with van der Waals surface area (Å²) in [6.45, 7) is -3.57. The Labute approximate surface area is 193 Å². The summed E-state index contributed by atoms with van der Waals surface area (Å²) in [4.78, 5) is 0. The molecule has 0 saturated carbocycles. The second-order valence-corrected chi connectivity index (χ2v) is 8.10. The van der Waals surface area contributed by atoms with E-state index in [2.05, 4.69) is 0 Å². The van der Waals surface area contributed by atoms with E-state index < -0.39 is 112 Å². The van der Waals surface area contributed by atoms with Crippen LogP contribution >= 0.6 is 0 Å². The van der Waals surface area contributed by atoms with Crippen LogP contribution in [0.5, 0.6) is 0 Å². The molecule has 0 aromatic carbocycles. The summed E-state index contributed by atoms with van der Waals surface area (Å²) in [6.07, 6.45) is -25.1. The van der Waals surface area contributed by atoms with E-state index in [1.165, 1.54) is 0 Å². The normalized spacial score (nSPS) is 42.7. The average molecular weight is 506 g/mol. The van der Waals surface area contributed by atoms with Crippen molar-refractivity contribution in [2.45, 2.75) is 85.8 Å². The first-order valence-electron chi connectivity index (χ1n) is 10.5. The van der Waals surface area contributed by atoms with Gasteiger partial charge in [0.25, 0.3) is 0 Å². The Morgan fingerprint density at radius 3 is 1.62 bits per heavy atom. The van der Waals surface area contributed by atoms with Crippen LogP contribution in [0.4, 0.5) is 0 Å². The van der Waals surface area contributed by atoms with Crippen LogP contribution in [0.3, 0.4) is 0 Å². The molecular weight excluding hydrogens is 472 g/mol. The van der Waals surface area contributed by atoms with E-state index in [0.29, 0.717) is 0 Å². The largest absolute Gasteiger partial charge is 0.394 e. The van der Waals surface area contributed by atoms with Crippen molar-refractivity contribution in [3.05, 3.63) is 0 Å². The highest BCUT2D eigenvalue weighted by molar-refractivity contribution is 4.94. The minimum Gasteiger partial charge on any atom is -0.394 e. The van der Waals surface area contributed by atoms with Gasteiger partial charge in [-0.1, -0.05) is 0 Å². The average Bonchev–Trinajstić information content (AvgIpc) is 2.84. The second kappa shape index (κ2) is 13.1. The highest BCUT2D eigenvalue weighted by Gasteiger charge is 2.52. The van der Waals surface area contributed by atoms with Gasteiger partial charge in [0, 0.05) is 0 Å². The van der Waals surface area contributed by atoms with Crippen molar-refractivity contribution >= 4 is 0 Å². The molecule has 16 heteroatoms. The molecule has 0 spiro atoms. The number of rotatable bonds is 11. The third-order valence-electron chi connectivity index (χ3n) is 5.74. The molecule has 2 heterocycles. The van der Waals surface area contributed by atoms with Gasteiger partial charge in [-0.25, -0.2) is 0 Å². The van der Waals surface area contributed by atoms with Gasteiger partial charge in [0.2, 0.25) is 0 Å². The summed E-state index contributed by atoms with van der Waals surface area (Å²) in [5.74, 6) is 0. The lowest BCUT2D eigenvalue weighted by molar-refractivity contribution is -0.377. The van der Waals surface area contributed by atoms with Crippen LogP contribution in [-0.4, -0.2) is 174 Å². The van der Waals surface area contributed by atoms with E-state index in [9.17, 15) is 56.2 Å². The number of hydrogen-bond donors (Lipinski definition) is 12. The Morgan fingerprint density at radius 2 is 1.12 bits per heavy atom. The highest BCUT2D eigenvalue weighted by atomic mass is 16.8. The van der Waals surface area contributed by atoms with Crippen LogP contribution in [-0.2, 0) is 18.9 Å². The van der Waals surface area contributed by atoms with Crippen molar-refractivity contribution in [2.24, 2.45) is 0 Å². The van der Waals surface area contributed by atoms with Crippen LogP contribution in [0.2, 0.25) is 0 Å². The number of hydrogen-bond acceptors (Lipinski definition) is 16. The molecule has 202 valence electrons. The molecule has 2 saturated heterocycles. The molecule has 0 aromatic rings. The molecule has 12 N–H and O–H groups in total. The first-order valence-corrected chi connectivity index (χ1v) is 10.5. The van der Waals surface area contributed by atoms with Gasteiger partial charge in [0.1, 0.15) is 73.2 Å². The van der Waals surface area contributed by atoms with Crippen LogP contribution in [0.25, 0.3) is 0 Å². The van der Waals surface area contributed by atoms with Gasteiger partial charge in [-0.15, -0.1) is 0 Å². The number of aliphatic hydroxyl groups excluding tert-OH is 12. The Kier molecular flexibility index (Phi) is 11.4. The lowest BCUT2D eigenvalue weighted by Gasteiger charge is -2.47. The minimum absolute atomic E-state index is 0.792. The molecule has 0 aromatic heterocycles. The molecule has 14 atom stereocenters. The first-order chi connectivity index (χ1) is 16.0. The maximum atomic E-state index is 10.6. The van der Waals surface area contributed by atoms with Crippen molar-refractivity contribution in [2.75, 3.05) is 26.4 Å². The van der Waals surface area contributed by atoms with Gasteiger partial charge < -0.3 is 80.2 Å². The molecule has 2 fully saturated rings. The summed E-state index contributed by atoms with van der Waals surface area (Å²) in [7, 11) is 0. The molecule has 2 aliphatic rings. The van der Waals surface area contributed by atoms with Gasteiger partial charge in [0.05, 0.1) is 26.4 Å². The lowest BCUT2D eigenvalue weighted by atomic mass is 9.97. The third kappa shape index (κ3) is 6.37. The molecule has 2 aliphatic heterocycles. The van der Waals surface area contributed by atoms with Crippen molar-refractivity contribution in [1.82, 2.24) is 0 Å². The molecule has 0 radical (unpaired) electrons. The van der Waals surface area contributed by atoms with Crippen molar-refractivity contribution < 1.29 is 80.2 Å². The number of ether oxygens (including phenoxy) is 4. The summed E-state index contributed by atoms with van der Waals surface area (Å²) in [6, 6.07) is 0. The van der Waals surface area contributed by atoms with Crippen LogP contribution in [0, 0.1) is 0 Å². The van der Waals surface area contributed by atoms with E-state index in [0.717, 1.165) is 0 Å². The van der Waals surface area contributed by atoms with Gasteiger partial charge >= 0.3 is 0 Å². The fraction of sp³-hybridized carbons (Fsp3) is 1.00. The van der Waals surface area contributed by atoms with Crippen molar-refractivity contribution in [1.29, 1.82) is 0 Å². The summed E-state index contributed by atoms with van der Waals surface area (Å²) in [5, 5.41) is 118. The predicted octanol–water partition coefficient (Wildman–Crippen LogP) is -7.94. The van der Waals surface area contributed by atoms with E-state index in [1.807, 2.05) is 0 Å². The Hall–Kier alpha value is -0.640. The maximum absolute atomic E-state index is 10.6. The van der Waals surface area contributed by atoms with Crippen LogP contribution in [0.1, 0.15) is 0 Å². The van der Waals surface area contributed by atoms with E-state index >= 15 is 0 Å². The molecule has 16 nitrogen and oxygen atoms in total. The van der Waals surface area contributed by atoms with Crippen LogP contribution in [0.15, 0.2) is 0 Å². The van der Waals surface area contributed by atoms with Gasteiger partial charge in [0.15, 0.2) is 12.6 Å². The molecule has 0 amide bonds. The quantitative estimate of drug-likeness (QED) is 0.124. The fourth-order valence-corrected chi connectivity index (χ4v) is 3.63. The zero-order chi connectivity index (χ0) is 25.7. The highest BCUT2D eigenvalue weighted by Crippen LogP contribution is 2.31.